The fraction of sp³-hybridized carbons (Fsp3) is 0.632. The van der Waals surface area contributed by atoms with Gasteiger partial charge in [-0.1, -0.05) is 39.8 Å². The van der Waals surface area contributed by atoms with E-state index >= 15 is 0 Å². The monoisotopic (exact) mass is 318 g/mol. The van der Waals surface area contributed by atoms with Gasteiger partial charge in [0.2, 0.25) is 0 Å². The van der Waals surface area contributed by atoms with Crippen molar-refractivity contribution in [3.63, 3.8) is 0 Å². The highest BCUT2D eigenvalue weighted by molar-refractivity contribution is 5.90. The lowest BCUT2D eigenvalue weighted by Gasteiger charge is -2.24. The van der Waals surface area contributed by atoms with Gasteiger partial charge in [-0.2, -0.15) is 0 Å². The van der Waals surface area contributed by atoms with E-state index in [2.05, 4.69) is 45.1 Å². The van der Waals surface area contributed by atoms with Gasteiger partial charge < -0.3 is 15.3 Å². The van der Waals surface area contributed by atoms with Gasteiger partial charge in [0.1, 0.15) is 0 Å². The van der Waals surface area contributed by atoms with Gasteiger partial charge in [0.15, 0.2) is 0 Å². The van der Waals surface area contributed by atoms with E-state index in [0.29, 0.717) is 18.4 Å². The van der Waals surface area contributed by atoms with E-state index in [1.54, 1.807) is 11.9 Å². The van der Waals surface area contributed by atoms with Crippen molar-refractivity contribution in [3.05, 3.63) is 29.3 Å². The Hall–Kier alpha value is -1.55. The summed E-state index contributed by atoms with van der Waals surface area (Å²) >= 11 is 0. The largest absolute Gasteiger partial charge is 0.396 e. The van der Waals surface area contributed by atoms with Crippen LogP contribution in [0.2, 0.25) is 0 Å². The van der Waals surface area contributed by atoms with Crippen LogP contribution in [0.4, 0.5) is 10.5 Å². The van der Waals surface area contributed by atoms with Crippen LogP contribution in [0.25, 0.3) is 0 Å². The van der Waals surface area contributed by atoms with Crippen molar-refractivity contribution in [2.75, 3.05) is 25.5 Å². The number of urea groups is 1. The normalized spacial score (nSPS) is 15.8. The summed E-state index contributed by atoms with van der Waals surface area (Å²) < 4.78 is 0. The van der Waals surface area contributed by atoms with Crippen LogP contribution in [0.15, 0.2) is 18.2 Å². The lowest BCUT2D eigenvalue weighted by atomic mass is 9.94. The number of nitrogens with zero attached hydrogens (tertiary/aromatic N) is 1. The van der Waals surface area contributed by atoms with E-state index in [0.717, 1.165) is 18.5 Å². The van der Waals surface area contributed by atoms with E-state index < -0.39 is 0 Å². The summed E-state index contributed by atoms with van der Waals surface area (Å²) in [5.74, 6) is 0.820. The van der Waals surface area contributed by atoms with E-state index in [9.17, 15) is 9.90 Å². The summed E-state index contributed by atoms with van der Waals surface area (Å²) in [6.45, 7) is 9.40. The number of hydrogen-bond acceptors (Lipinski definition) is 2. The molecule has 2 rings (SSSR count). The maximum Gasteiger partial charge on any atom is 0.321 e. The van der Waals surface area contributed by atoms with Crippen molar-refractivity contribution in [2.45, 2.75) is 52.4 Å². The fourth-order valence-electron chi connectivity index (χ4n) is 2.86. The molecule has 0 spiro atoms. The Kier molecular flexibility index (Phi) is 5.35. The molecule has 2 N–H and O–H groups in total. The van der Waals surface area contributed by atoms with Crippen LogP contribution >= 0.6 is 0 Å². The van der Waals surface area contributed by atoms with E-state index in [4.69, 9.17) is 0 Å². The molecule has 0 unspecified atom stereocenters. The van der Waals surface area contributed by atoms with Gasteiger partial charge in [-0.25, -0.2) is 4.79 Å². The Morgan fingerprint density at radius 2 is 1.91 bits per heavy atom. The first-order valence-corrected chi connectivity index (χ1v) is 8.55. The summed E-state index contributed by atoms with van der Waals surface area (Å²) in [5.41, 5.74) is 3.28. The zero-order chi connectivity index (χ0) is 17.2. The van der Waals surface area contributed by atoms with Crippen molar-refractivity contribution >= 4 is 11.7 Å². The van der Waals surface area contributed by atoms with Gasteiger partial charge in [-0.15, -0.1) is 0 Å². The van der Waals surface area contributed by atoms with Crippen LogP contribution in [-0.2, 0) is 0 Å². The molecule has 0 aromatic heterocycles. The summed E-state index contributed by atoms with van der Waals surface area (Å²) in [6.07, 6.45) is 2.00. The van der Waals surface area contributed by atoms with Gasteiger partial charge in [0.25, 0.3) is 0 Å². The molecule has 1 aliphatic carbocycles. The maximum atomic E-state index is 12.5. The SMILES string of the molecule is CC(C)c1ccc(NC(=O)N(C)CC2(CO)CC2)c(C(C)C)c1. The molecule has 0 aliphatic heterocycles. The molecule has 4 heteroatoms. The Morgan fingerprint density at radius 1 is 1.26 bits per heavy atom. The first-order valence-electron chi connectivity index (χ1n) is 8.55. The number of amides is 2. The molecule has 2 amide bonds. The minimum atomic E-state index is -0.107. The molecule has 4 nitrogen and oxygen atoms in total. The molecule has 0 radical (unpaired) electrons. The van der Waals surface area contributed by atoms with Crippen LogP contribution < -0.4 is 5.32 Å². The van der Waals surface area contributed by atoms with Crippen molar-refractivity contribution in [1.29, 1.82) is 0 Å². The average molecular weight is 318 g/mol. The summed E-state index contributed by atoms with van der Waals surface area (Å²) in [6, 6.07) is 6.18. The molecular weight excluding hydrogens is 288 g/mol. The van der Waals surface area contributed by atoms with Crippen molar-refractivity contribution in [1.82, 2.24) is 4.90 Å². The highest BCUT2D eigenvalue weighted by Gasteiger charge is 2.43. The third-order valence-corrected chi connectivity index (χ3v) is 4.82. The summed E-state index contributed by atoms with van der Waals surface area (Å²) in [4.78, 5) is 14.1. The highest BCUT2D eigenvalue weighted by atomic mass is 16.3. The molecule has 0 saturated heterocycles. The third-order valence-electron chi connectivity index (χ3n) is 4.82. The van der Waals surface area contributed by atoms with Crippen LogP contribution in [0.3, 0.4) is 0 Å². The third kappa shape index (κ3) is 4.25. The number of rotatable bonds is 6. The molecule has 0 bridgehead atoms. The number of benzene rings is 1. The Bertz CT molecular complexity index is 562. The molecule has 1 aromatic rings. The minimum absolute atomic E-state index is 0.0610. The number of carbonyl (C=O) groups is 1. The molecule has 0 atom stereocenters. The highest BCUT2D eigenvalue weighted by Crippen LogP contribution is 2.45. The number of carbonyl (C=O) groups excluding carboxylic acids is 1. The fourth-order valence-corrected chi connectivity index (χ4v) is 2.86. The number of aliphatic hydroxyl groups excluding tert-OH is 1. The van der Waals surface area contributed by atoms with Crippen LogP contribution in [-0.4, -0.2) is 36.2 Å². The summed E-state index contributed by atoms with van der Waals surface area (Å²) in [5, 5.41) is 12.5. The van der Waals surface area contributed by atoms with Gasteiger partial charge in [0, 0.05) is 24.7 Å². The number of aliphatic hydroxyl groups is 1. The second-order valence-corrected chi connectivity index (χ2v) is 7.60. The average Bonchev–Trinajstić information content (AvgIpc) is 3.27. The van der Waals surface area contributed by atoms with Crippen molar-refractivity contribution < 1.29 is 9.90 Å². The zero-order valence-electron chi connectivity index (χ0n) is 15.0. The second kappa shape index (κ2) is 6.91. The quantitative estimate of drug-likeness (QED) is 0.827. The molecule has 128 valence electrons. The Morgan fingerprint density at radius 3 is 2.39 bits per heavy atom. The molecule has 0 heterocycles. The maximum absolute atomic E-state index is 12.5. The topological polar surface area (TPSA) is 52.6 Å². The second-order valence-electron chi connectivity index (χ2n) is 7.60. The molecule has 1 aliphatic rings. The standard InChI is InChI=1S/C19H30N2O2/c1-13(2)15-6-7-17(16(10-15)14(3)4)20-18(23)21(5)11-19(12-22)8-9-19/h6-7,10,13-14,22H,8-9,11-12H2,1-5H3,(H,20,23). The number of hydrogen-bond donors (Lipinski definition) is 2. The molecule has 1 saturated carbocycles. The zero-order valence-corrected chi connectivity index (χ0v) is 15.0. The smallest absolute Gasteiger partial charge is 0.321 e. The van der Waals surface area contributed by atoms with Gasteiger partial charge in [-0.05, 0) is 41.9 Å². The molecule has 23 heavy (non-hydrogen) atoms. The molecule has 1 aromatic carbocycles. The van der Waals surface area contributed by atoms with Crippen molar-refractivity contribution in [2.24, 2.45) is 5.41 Å². The lowest BCUT2D eigenvalue weighted by Crippen LogP contribution is -2.37. The van der Waals surface area contributed by atoms with Crippen LogP contribution in [0.5, 0.6) is 0 Å². The van der Waals surface area contributed by atoms with Gasteiger partial charge >= 0.3 is 6.03 Å². The Balaban J connectivity index is 2.10. The minimum Gasteiger partial charge on any atom is -0.396 e. The summed E-state index contributed by atoms with van der Waals surface area (Å²) in [7, 11) is 1.79. The first-order chi connectivity index (χ1) is 10.8. The van der Waals surface area contributed by atoms with E-state index in [1.807, 2.05) is 6.07 Å². The van der Waals surface area contributed by atoms with Crippen LogP contribution in [0, 0.1) is 5.41 Å². The lowest BCUT2D eigenvalue weighted by molar-refractivity contribution is 0.168. The predicted molar refractivity (Wildman–Crippen MR) is 95.0 cm³/mol. The Labute approximate surface area is 139 Å². The first kappa shape index (κ1) is 17.8. The molecule has 1 fully saturated rings. The predicted octanol–water partition coefficient (Wildman–Crippen LogP) is 4.17. The van der Waals surface area contributed by atoms with Gasteiger partial charge in [-0.3, -0.25) is 0 Å². The van der Waals surface area contributed by atoms with Crippen molar-refractivity contribution in [3.8, 4) is 0 Å². The van der Waals surface area contributed by atoms with E-state index in [1.165, 1.54) is 11.1 Å². The molecular formula is C19H30N2O2. The number of nitrogens with one attached hydrogen (secondary N) is 1. The van der Waals surface area contributed by atoms with Gasteiger partial charge in [0.05, 0.1) is 6.61 Å². The van der Waals surface area contributed by atoms with E-state index in [-0.39, 0.29) is 18.1 Å². The number of anilines is 1. The van der Waals surface area contributed by atoms with Crippen LogP contribution in [0.1, 0.15) is 63.5 Å².